The van der Waals surface area contributed by atoms with Gasteiger partial charge >= 0.3 is 5.89 Å². The average Bonchev–Trinajstić information content (AvgIpc) is 3.12. The summed E-state index contributed by atoms with van der Waals surface area (Å²) in [6, 6.07) is 11.2. The molecule has 3 aromatic rings. The number of hydrogen-bond donors (Lipinski definition) is 0. The fourth-order valence-electron chi connectivity index (χ4n) is 3.02. The van der Waals surface area contributed by atoms with E-state index in [4.69, 9.17) is 32.4 Å². The van der Waals surface area contributed by atoms with Crippen molar-refractivity contribution in [1.29, 1.82) is 0 Å². The number of halogens is 2. The van der Waals surface area contributed by atoms with Gasteiger partial charge in [0.25, 0.3) is 5.52 Å². The third-order valence-electron chi connectivity index (χ3n) is 4.31. The first kappa shape index (κ1) is 17.0. The molecular weight excluding hydrogens is 371 g/mol. The zero-order chi connectivity index (χ0) is 18.3. The molecule has 0 N–H and O–H groups in total. The number of ether oxygens (including phenoxy) is 1. The maximum Gasteiger partial charge on any atom is 0.373 e. The van der Waals surface area contributed by atoms with Crippen LogP contribution in [0.15, 0.2) is 58.9 Å². The van der Waals surface area contributed by atoms with Gasteiger partial charge in [0.2, 0.25) is 11.5 Å². The molecule has 6 heteroatoms. The third-order valence-corrected chi connectivity index (χ3v) is 4.78. The standard InChI is InChI=1S/C20H17Cl2N2O2/c1-3-24-16-12-14(22)8-10-18(16)26-20(24)6-4-5-19-23(2)15-11-13(21)7-9-17(15)25-19/h4-12H,3H2,1-2H3/q+1. The van der Waals surface area contributed by atoms with Crippen LogP contribution in [0.5, 0.6) is 5.75 Å². The van der Waals surface area contributed by atoms with Crippen molar-refractivity contribution in [2.24, 2.45) is 7.05 Å². The van der Waals surface area contributed by atoms with Crippen molar-refractivity contribution in [3.63, 3.8) is 0 Å². The molecule has 0 bridgehead atoms. The second-order valence-corrected chi connectivity index (χ2v) is 6.81. The average molecular weight is 388 g/mol. The van der Waals surface area contributed by atoms with Gasteiger partial charge in [-0.05, 0) is 49.4 Å². The lowest BCUT2D eigenvalue weighted by atomic mass is 10.3. The summed E-state index contributed by atoms with van der Waals surface area (Å²) >= 11 is 12.2. The van der Waals surface area contributed by atoms with Gasteiger partial charge in [0.15, 0.2) is 5.75 Å². The van der Waals surface area contributed by atoms with E-state index in [0.717, 1.165) is 40.9 Å². The fraction of sp³-hybridized carbons (Fsp3) is 0.150. The van der Waals surface area contributed by atoms with E-state index in [9.17, 15) is 0 Å². The molecule has 132 valence electrons. The molecule has 0 amide bonds. The zero-order valence-corrected chi connectivity index (χ0v) is 15.9. The molecule has 1 aromatic heterocycles. The number of benzene rings is 2. The zero-order valence-electron chi connectivity index (χ0n) is 14.4. The minimum absolute atomic E-state index is 0.681. The summed E-state index contributed by atoms with van der Waals surface area (Å²) in [5, 5.41) is 1.37. The number of hydrogen-bond acceptors (Lipinski definition) is 3. The van der Waals surface area contributed by atoms with Gasteiger partial charge in [-0.3, -0.25) is 0 Å². The molecular formula is C20H17Cl2N2O2+. The summed E-state index contributed by atoms with van der Waals surface area (Å²) < 4.78 is 13.8. The Morgan fingerprint density at radius 2 is 1.88 bits per heavy atom. The van der Waals surface area contributed by atoms with E-state index in [1.54, 1.807) is 0 Å². The highest BCUT2D eigenvalue weighted by Gasteiger charge is 2.24. The van der Waals surface area contributed by atoms with Gasteiger partial charge in [-0.1, -0.05) is 23.2 Å². The van der Waals surface area contributed by atoms with Gasteiger partial charge < -0.3 is 14.1 Å². The van der Waals surface area contributed by atoms with Crippen LogP contribution in [0.25, 0.3) is 17.2 Å². The van der Waals surface area contributed by atoms with E-state index >= 15 is 0 Å². The lowest BCUT2D eigenvalue weighted by molar-refractivity contribution is -0.652. The van der Waals surface area contributed by atoms with Crippen LogP contribution in [0.3, 0.4) is 0 Å². The molecule has 2 heterocycles. The van der Waals surface area contributed by atoms with Crippen LogP contribution in [-0.4, -0.2) is 6.54 Å². The quantitative estimate of drug-likeness (QED) is 0.568. The van der Waals surface area contributed by atoms with Crippen molar-refractivity contribution in [3.8, 4) is 5.75 Å². The molecule has 0 unspecified atom stereocenters. The number of fused-ring (bicyclic) bond motifs is 2. The topological polar surface area (TPSA) is 29.5 Å². The number of oxazole rings is 1. The first-order valence-electron chi connectivity index (χ1n) is 8.28. The van der Waals surface area contributed by atoms with Crippen molar-refractivity contribution < 1.29 is 13.7 Å². The Labute approximate surface area is 161 Å². The molecule has 0 atom stereocenters. The Kier molecular flexibility index (Phi) is 4.39. The van der Waals surface area contributed by atoms with E-state index in [0.29, 0.717) is 10.0 Å². The number of anilines is 1. The van der Waals surface area contributed by atoms with Gasteiger partial charge in [-0.2, -0.15) is 4.57 Å². The van der Waals surface area contributed by atoms with E-state index in [1.165, 1.54) is 0 Å². The predicted molar refractivity (Wildman–Crippen MR) is 105 cm³/mol. The Bertz CT molecular complexity index is 1050. The molecule has 2 aromatic carbocycles. The van der Waals surface area contributed by atoms with Crippen molar-refractivity contribution >= 4 is 46.1 Å². The van der Waals surface area contributed by atoms with Gasteiger partial charge in [-0.15, -0.1) is 0 Å². The fourth-order valence-corrected chi connectivity index (χ4v) is 3.35. The second kappa shape index (κ2) is 6.71. The lowest BCUT2D eigenvalue weighted by Gasteiger charge is -2.14. The van der Waals surface area contributed by atoms with E-state index in [1.807, 2.05) is 66.2 Å². The molecule has 1 aliphatic heterocycles. The molecule has 4 nitrogen and oxygen atoms in total. The maximum atomic E-state index is 6.10. The highest BCUT2D eigenvalue weighted by atomic mass is 35.5. The molecule has 0 saturated heterocycles. The van der Waals surface area contributed by atoms with Crippen molar-refractivity contribution in [2.75, 3.05) is 11.4 Å². The summed E-state index contributed by atoms with van der Waals surface area (Å²) in [4.78, 5) is 2.07. The smallest absolute Gasteiger partial charge is 0.373 e. The molecule has 0 radical (unpaired) electrons. The van der Waals surface area contributed by atoms with Gasteiger partial charge in [0.05, 0.1) is 11.8 Å². The Morgan fingerprint density at radius 1 is 1.12 bits per heavy atom. The molecule has 26 heavy (non-hydrogen) atoms. The van der Waals surface area contributed by atoms with Crippen LogP contribution >= 0.6 is 23.2 Å². The molecule has 0 spiro atoms. The number of aromatic nitrogens is 1. The van der Waals surface area contributed by atoms with Crippen LogP contribution in [0.1, 0.15) is 12.8 Å². The van der Waals surface area contributed by atoms with E-state index < -0.39 is 0 Å². The van der Waals surface area contributed by atoms with Crippen LogP contribution in [0.2, 0.25) is 10.0 Å². The van der Waals surface area contributed by atoms with E-state index in [2.05, 4.69) is 11.8 Å². The number of rotatable bonds is 3. The minimum atomic E-state index is 0.681. The number of allylic oxidation sites excluding steroid dienone is 2. The molecule has 1 aliphatic rings. The predicted octanol–water partition coefficient (Wildman–Crippen LogP) is 5.34. The SMILES string of the molecule is CCN1C(=CC=Cc2oc3ccc(Cl)cc3[n+]2C)Oc2ccc(Cl)cc21. The monoisotopic (exact) mass is 387 g/mol. The summed E-state index contributed by atoms with van der Waals surface area (Å²) in [5.74, 6) is 2.28. The van der Waals surface area contributed by atoms with Crippen molar-refractivity contribution in [2.45, 2.75) is 6.92 Å². The Balaban J connectivity index is 1.63. The molecule has 0 fully saturated rings. The molecule has 0 saturated carbocycles. The van der Waals surface area contributed by atoms with Crippen molar-refractivity contribution in [3.05, 3.63) is 70.4 Å². The largest absolute Gasteiger partial charge is 0.439 e. The third kappa shape index (κ3) is 2.96. The van der Waals surface area contributed by atoms with Crippen LogP contribution in [0.4, 0.5) is 5.69 Å². The summed E-state index contributed by atoms with van der Waals surface area (Å²) in [6.45, 7) is 2.85. The number of nitrogens with zero attached hydrogens (tertiary/aromatic N) is 2. The Hall–Kier alpha value is -2.43. The number of aryl methyl sites for hydroxylation is 1. The highest BCUT2D eigenvalue weighted by Crippen LogP contribution is 2.40. The first-order chi connectivity index (χ1) is 12.6. The van der Waals surface area contributed by atoms with Gasteiger partial charge in [-0.25, -0.2) is 0 Å². The highest BCUT2D eigenvalue weighted by molar-refractivity contribution is 6.31. The first-order valence-corrected chi connectivity index (χ1v) is 9.04. The van der Waals surface area contributed by atoms with Crippen LogP contribution in [0, 0.1) is 0 Å². The van der Waals surface area contributed by atoms with Crippen LogP contribution < -0.4 is 14.2 Å². The summed E-state index contributed by atoms with van der Waals surface area (Å²) in [7, 11) is 1.94. The molecule has 4 rings (SSSR count). The lowest BCUT2D eigenvalue weighted by Crippen LogP contribution is -2.29. The molecule has 0 aliphatic carbocycles. The summed E-state index contributed by atoms with van der Waals surface area (Å²) in [6.07, 6.45) is 5.72. The summed E-state index contributed by atoms with van der Waals surface area (Å²) in [5.41, 5.74) is 2.71. The van der Waals surface area contributed by atoms with E-state index in [-0.39, 0.29) is 0 Å². The minimum Gasteiger partial charge on any atom is -0.439 e. The van der Waals surface area contributed by atoms with Crippen molar-refractivity contribution in [1.82, 2.24) is 0 Å². The normalized spacial score (nSPS) is 15.2. The second-order valence-electron chi connectivity index (χ2n) is 5.93. The van der Waals surface area contributed by atoms with Gasteiger partial charge in [0, 0.05) is 22.7 Å². The van der Waals surface area contributed by atoms with Crippen LogP contribution in [-0.2, 0) is 7.05 Å². The Morgan fingerprint density at radius 3 is 2.69 bits per heavy atom. The maximum absolute atomic E-state index is 6.10. The van der Waals surface area contributed by atoms with Gasteiger partial charge in [0.1, 0.15) is 7.05 Å².